The molecule has 0 radical (unpaired) electrons. The Kier molecular flexibility index (Phi) is 4.36. The molecule has 2 fully saturated rings. The highest BCUT2D eigenvalue weighted by molar-refractivity contribution is 6.15. The van der Waals surface area contributed by atoms with Gasteiger partial charge in [-0.05, 0) is 37.1 Å². The molecule has 0 unspecified atom stereocenters. The van der Waals surface area contributed by atoms with Gasteiger partial charge in [-0.1, -0.05) is 0 Å². The summed E-state index contributed by atoms with van der Waals surface area (Å²) in [6, 6.07) is 8.08. The van der Waals surface area contributed by atoms with Crippen LogP contribution in [0.5, 0.6) is 0 Å². The fraction of sp³-hybridized carbons (Fsp3) is 0.190. The van der Waals surface area contributed by atoms with Crippen molar-refractivity contribution in [1.29, 1.82) is 5.26 Å². The van der Waals surface area contributed by atoms with Crippen LogP contribution in [0.2, 0.25) is 0 Å². The predicted molar refractivity (Wildman–Crippen MR) is 110 cm³/mol. The Balaban J connectivity index is 1.57. The quantitative estimate of drug-likeness (QED) is 0.430. The number of anilines is 3. The SMILES string of the molecule is N#Cc1ccc(Nc2cc(NC3CC3)n3ncc(/C=C4\CC(=O)NC4=O)c3n2)c(F)c1. The zero-order valence-electron chi connectivity index (χ0n) is 16.1. The molecule has 2 aromatic heterocycles. The Morgan fingerprint density at radius 2 is 2.13 bits per heavy atom. The van der Waals surface area contributed by atoms with Crippen LogP contribution in [-0.4, -0.2) is 32.5 Å². The molecule has 2 aliphatic rings. The minimum atomic E-state index is -0.575. The van der Waals surface area contributed by atoms with Gasteiger partial charge in [0.1, 0.15) is 17.5 Å². The molecule has 3 aromatic rings. The van der Waals surface area contributed by atoms with E-state index in [1.54, 1.807) is 22.9 Å². The van der Waals surface area contributed by atoms with E-state index in [4.69, 9.17) is 5.26 Å². The number of nitriles is 1. The number of hydrogen-bond donors (Lipinski definition) is 3. The van der Waals surface area contributed by atoms with Crippen molar-refractivity contribution in [2.75, 3.05) is 10.6 Å². The first-order chi connectivity index (χ1) is 15.0. The van der Waals surface area contributed by atoms with Gasteiger partial charge < -0.3 is 10.6 Å². The number of benzene rings is 1. The Bertz CT molecular complexity index is 1320. The molecule has 10 heteroatoms. The smallest absolute Gasteiger partial charge is 0.254 e. The molecular formula is C21H16FN7O2. The molecule has 0 atom stereocenters. The highest BCUT2D eigenvalue weighted by Gasteiger charge is 2.26. The summed E-state index contributed by atoms with van der Waals surface area (Å²) in [5, 5.41) is 21.9. The first-order valence-corrected chi connectivity index (χ1v) is 9.67. The van der Waals surface area contributed by atoms with Gasteiger partial charge in [0, 0.05) is 23.2 Å². The molecular weight excluding hydrogens is 401 g/mol. The van der Waals surface area contributed by atoms with Crippen LogP contribution in [0.3, 0.4) is 0 Å². The number of imide groups is 1. The first-order valence-electron chi connectivity index (χ1n) is 9.67. The van der Waals surface area contributed by atoms with Gasteiger partial charge in [0.05, 0.1) is 29.9 Å². The predicted octanol–water partition coefficient (Wildman–Crippen LogP) is 2.49. The second kappa shape index (κ2) is 7.21. The highest BCUT2D eigenvalue weighted by Crippen LogP contribution is 2.29. The average Bonchev–Trinajstić information content (AvgIpc) is 3.38. The minimum Gasteiger partial charge on any atom is -0.367 e. The number of halogens is 1. The van der Waals surface area contributed by atoms with Crippen LogP contribution in [0.15, 0.2) is 36.0 Å². The average molecular weight is 417 g/mol. The lowest BCUT2D eigenvalue weighted by Crippen LogP contribution is -2.19. The summed E-state index contributed by atoms with van der Waals surface area (Å²) in [6.07, 6.45) is 5.23. The second-order valence-electron chi connectivity index (χ2n) is 7.44. The van der Waals surface area contributed by atoms with Crippen LogP contribution in [-0.2, 0) is 9.59 Å². The Hall–Kier alpha value is -4.26. The zero-order chi connectivity index (χ0) is 21.5. The molecule has 5 rings (SSSR count). The number of nitrogens with zero attached hydrogens (tertiary/aromatic N) is 4. The van der Waals surface area contributed by atoms with Crippen LogP contribution in [0.1, 0.15) is 30.4 Å². The lowest BCUT2D eigenvalue weighted by molar-refractivity contribution is -0.124. The molecule has 9 nitrogen and oxygen atoms in total. The molecule has 1 aliphatic carbocycles. The van der Waals surface area contributed by atoms with Crippen LogP contribution < -0.4 is 16.0 Å². The van der Waals surface area contributed by atoms with Crippen LogP contribution in [0.4, 0.5) is 21.7 Å². The van der Waals surface area contributed by atoms with Crippen molar-refractivity contribution in [3.8, 4) is 6.07 Å². The number of amides is 2. The summed E-state index contributed by atoms with van der Waals surface area (Å²) in [5.41, 5.74) is 1.73. The summed E-state index contributed by atoms with van der Waals surface area (Å²) in [4.78, 5) is 28.0. The Labute approximate surface area is 175 Å². The van der Waals surface area contributed by atoms with E-state index < -0.39 is 11.7 Å². The monoisotopic (exact) mass is 417 g/mol. The van der Waals surface area contributed by atoms with Crippen molar-refractivity contribution in [3.05, 3.63) is 53.0 Å². The summed E-state index contributed by atoms with van der Waals surface area (Å²) in [5.74, 6) is -0.327. The van der Waals surface area contributed by atoms with E-state index in [9.17, 15) is 14.0 Å². The maximum atomic E-state index is 14.4. The molecule has 0 spiro atoms. The fourth-order valence-corrected chi connectivity index (χ4v) is 3.32. The third-order valence-corrected chi connectivity index (χ3v) is 5.01. The topological polar surface area (TPSA) is 124 Å². The minimum absolute atomic E-state index is 0.00223. The molecule has 31 heavy (non-hydrogen) atoms. The number of nitrogens with one attached hydrogen (secondary N) is 3. The van der Waals surface area contributed by atoms with Crippen molar-refractivity contribution < 1.29 is 14.0 Å². The first kappa shape index (κ1) is 18.7. The standard InChI is InChI=1S/C21H16FN7O2/c22-15-5-11(9-23)1-4-16(15)26-17-8-18(25-14-2-3-14)29-20(27-17)13(10-24-29)6-12-7-19(30)28-21(12)31/h1,4-6,8,10,14,25H,2-3,7H2,(H,26,27)(H,28,30,31)/b12-6+. The van der Waals surface area contributed by atoms with Crippen LogP contribution in [0, 0.1) is 17.1 Å². The van der Waals surface area contributed by atoms with Gasteiger partial charge in [-0.2, -0.15) is 14.9 Å². The second-order valence-corrected chi connectivity index (χ2v) is 7.44. The molecule has 154 valence electrons. The van der Waals surface area contributed by atoms with E-state index in [1.165, 1.54) is 12.1 Å². The molecule has 1 saturated carbocycles. The van der Waals surface area contributed by atoms with Crippen LogP contribution >= 0.6 is 0 Å². The van der Waals surface area contributed by atoms with E-state index in [0.717, 1.165) is 18.9 Å². The van der Waals surface area contributed by atoms with Crippen molar-refractivity contribution in [2.24, 2.45) is 0 Å². The van der Waals surface area contributed by atoms with Gasteiger partial charge in [-0.3, -0.25) is 14.9 Å². The van der Waals surface area contributed by atoms with E-state index >= 15 is 0 Å². The normalized spacial score (nSPS) is 17.1. The van der Waals surface area contributed by atoms with Gasteiger partial charge in [0.15, 0.2) is 5.65 Å². The largest absolute Gasteiger partial charge is 0.367 e. The Morgan fingerprint density at radius 1 is 1.29 bits per heavy atom. The van der Waals surface area contributed by atoms with E-state index in [0.29, 0.717) is 34.5 Å². The van der Waals surface area contributed by atoms with Gasteiger partial charge in [0.25, 0.3) is 5.91 Å². The number of carbonyl (C=O) groups excluding carboxylic acids is 2. The molecule has 2 amide bonds. The van der Waals surface area contributed by atoms with Gasteiger partial charge >= 0.3 is 0 Å². The number of fused-ring (bicyclic) bond motifs is 1. The summed E-state index contributed by atoms with van der Waals surface area (Å²) in [7, 11) is 0. The lowest BCUT2D eigenvalue weighted by Gasteiger charge is -2.12. The number of carbonyl (C=O) groups is 2. The van der Waals surface area contributed by atoms with E-state index in [1.807, 2.05) is 6.07 Å². The molecule has 3 heterocycles. The van der Waals surface area contributed by atoms with Crippen LogP contribution in [0.25, 0.3) is 11.7 Å². The third kappa shape index (κ3) is 3.69. The molecule has 1 aliphatic heterocycles. The summed E-state index contributed by atoms with van der Waals surface area (Å²) >= 11 is 0. The Morgan fingerprint density at radius 3 is 2.81 bits per heavy atom. The fourth-order valence-electron chi connectivity index (χ4n) is 3.32. The lowest BCUT2D eigenvalue weighted by atomic mass is 10.1. The van der Waals surface area contributed by atoms with Gasteiger partial charge in [-0.15, -0.1) is 0 Å². The van der Waals surface area contributed by atoms with Crippen molar-refractivity contribution in [2.45, 2.75) is 25.3 Å². The molecule has 3 N–H and O–H groups in total. The zero-order valence-corrected chi connectivity index (χ0v) is 16.1. The summed E-state index contributed by atoms with van der Waals surface area (Å²) in [6.45, 7) is 0. The maximum Gasteiger partial charge on any atom is 0.254 e. The van der Waals surface area contributed by atoms with E-state index in [-0.39, 0.29) is 23.6 Å². The van der Waals surface area contributed by atoms with Crippen molar-refractivity contribution in [1.82, 2.24) is 19.9 Å². The number of hydrogen-bond acceptors (Lipinski definition) is 7. The summed E-state index contributed by atoms with van der Waals surface area (Å²) < 4.78 is 16.0. The van der Waals surface area contributed by atoms with Gasteiger partial charge in [0.2, 0.25) is 5.91 Å². The number of aromatic nitrogens is 3. The molecule has 1 saturated heterocycles. The molecule has 0 bridgehead atoms. The highest BCUT2D eigenvalue weighted by atomic mass is 19.1. The van der Waals surface area contributed by atoms with Crippen molar-refractivity contribution in [3.63, 3.8) is 0 Å². The third-order valence-electron chi connectivity index (χ3n) is 5.01. The van der Waals surface area contributed by atoms with Gasteiger partial charge in [-0.25, -0.2) is 9.37 Å². The maximum absolute atomic E-state index is 14.4. The van der Waals surface area contributed by atoms with E-state index in [2.05, 4.69) is 26.0 Å². The van der Waals surface area contributed by atoms with Crippen molar-refractivity contribution >= 4 is 40.9 Å². The molecule has 1 aromatic carbocycles. The number of rotatable bonds is 5.